The first-order valence-electron chi connectivity index (χ1n) is 8.32. The maximum absolute atomic E-state index is 13.0. The molecule has 8 nitrogen and oxygen atoms in total. The Morgan fingerprint density at radius 3 is 2.57 bits per heavy atom. The minimum atomic E-state index is -4.59. The zero-order valence-corrected chi connectivity index (χ0v) is 16.5. The lowest BCUT2D eigenvalue weighted by Crippen LogP contribution is -2.40. The number of halogens is 4. The van der Waals surface area contributed by atoms with Crippen molar-refractivity contribution in [3.63, 3.8) is 0 Å². The molecule has 0 aromatic carbocycles. The Morgan fingerprint density at radius 1 is 1.43 bits per heavy atom. The summed E-state index contributed by atoms with van der Waals surface area (Å²) in [6.45, 7) is 4.36. The monoisotopic (exact) mass is 423 g/mol. The van der Waals surface area contributed by atoms with Crippen molar-refractivity contribution in [1.29, 1.82) is 0 Å². The highest BCUT2D eigenvalue weighted by Gasteiger charge is 2.48. The fourth-order valence-corrected chi connectivity index (χ4v) is 2.72. The van der Waals surface area contributed by atoms with Gasteiger partial charge in [0.25, 0.3) is 0 Å². The third-order valence-electron chi connectivity index (χ3n) is 4.09. The molecule has 2 atom stereocenters. The second-order valence-electron chi connectivity index (χ2n) is 7.35. The molecule has 0 aliphatic carbocycles. The van der Waals surface area contributed by atoms with Crippen LogP contribution in [0.3, 0.4) is 0 Å². The number of nitrogens with zero attached hydrogens (tertiary/aromatic N) is 3. The minimum absolute atomic E-state index is 0.0624. The van der Waals surface area contributed by atoms with Gasteiger partial charge in [0.05, 0.1) is 19.2 Å². The van der Waals surface area contributed by atoms with E-state index in [1.807, 2.05) is 5.32 Å². The van der Waals surface area contributed by atoms with E-state index in [1.165, 1.54) is 13.2 Å². The Morgan fingerprint density at radius 2 is 2.07 bits per heavy atom. The van der Waals surface area contributed by atoms with Gasteiger partial charge in [-0.1, -0.05) is 32.4 Å². The Kier molecular flexibility index (Phi) is 6.39. The van der Waals surface area contributed by atoms with Crippen molar-refractivity contribution in [2.45, 2.75) is 39.0 Å². The highest BCUT2D eigenvalue weighted by molar-refractivity contribution is 6.30. The van der Waals surface area contributed by atoms with Crippen LogP contribution in [0, 0.1) is 5.41 Å². The van der Waals surface area contributed by atoms with Gasteiger partial charge >= 0.3 is 12.2 Å². The second kappa shape index (κ2) is 8.08. The SMILES string of the molecule is COCC(c1cc(NC(=O)C(C)(C)C)nnc1Cl)N1C[C@@H](C(F)(F)F)NC1=O. The Hall–Kier alpha value is -2.14. The fourth-order valence-electron chi connectivity index (χ4n) is 2.51. The Labute approximate surface area is 164 Å². The average molecular weight is 424 g/mol. The lowest BCUT2D eigenvalue weighted by atomic mass is 9.96. The largest absolute Gasteiger partial charge is 0.410 e. The predicted octanol–water partition coefficient (Wildman–Crippen LogP) is 2.76. The number of aromatic nitrogens is 2. The van der Waals surface area contributed by atoms with E-state index in [-0.39, 0.29) is 29.0 Å². The van der Waals surface area contributed by atoms with Gasteiger partial charge in [-0.25, -0.2) is 4.79 Å². The number of hydrogen-bond donors (Lipinski definition) is 2. The van der Waals surface area contributed by atoms with Gasteiger partial charge in [-0.15, -0.1) is 10.2 Å². The summed E-state index contributed by atoms with van der Waals surface area (Å²) < 4.78 is 44.0. The van der Waals surface area contributed by atoms with E-state index < -0.39 is 36.3 Å². The molecule has 2 rings (SSSR count). The van der Waals surface area contributed by atoms with Crippen LogP contribution >= 0.6 is 11.6 Å². The van der Waals surface area contributed by atoms with Gasteiger partial charge in [0.1, 0.15) is 6.04 Å². The van der Waals surface area contributed by atoms with Crippen molar-refractivity contribution < 1.29 is 27.5 Å². The molecule has 12 heteroatoms. The molecule has 0 bridgehead atoms. The Bertz CT molecular complexity index is 754. The summed E-state index contributed by atoms with van der Waals surface area (Å²) in [6.07, 6.45) is -4.59. The van der Waals surface area contributed by atoms with E-state index in [2.05, 4.69) is 15.5 Å². The van der Waals surface area contributed by atoms with Gasteiger partial charge in [0, 0.05) is 18.1 Å². The normalized spacial score (nSPS) is 18.8. The first-order chi connectivity index (χ1) is 12.8. The standard InChI is InChI=1S/C16H21ClF3N5O3/c1-15(2,3)13(26)22-11-5-8(12(17)24-23-11)9(7-28-4)25-6-10(16(18,19)20)21-14(25)27/h5,9-10H,6-7H2,1-4H3,(H,21,27)(H,22,23,26)/t9?,10-/m0/s1. The van der Waals surface area contributed by atoms with Gasteiger partial charge in [0.15, 0.2) is 11.0 Å². The van der Waals surface area contributed by atoms with Crippen LogP contribution in [0.15, 0.2) is 6.07 Å². The highest BCUT2D eigenvalue weighted by Crippen LogP contribution is 2.33. The number of amides is 3. The van der Waals surface area contributed by atoms with Crippen LogP contribution in [0.2, 0.25) is 5.15 Å². The zero-order chi connectivity index (χ0) is 21.3. The molecule has 1 aliphatic rings. The van der Waals surface area contributed by atoms with Gasteiger partial charge < -0.3 is 20.3 Å². The molecule has 1 aromatic rings. The third kappa shape index (κ3) is 5.02. The molecule has 28 heavy (non-hydrogen) atoms. The first kappa shape index (κ1) is 22.2. The molecule has 2 N–H and O–H groups in total. The van der Waals surface area contributed by atoms with Crippen LogP contribution in [0.4, 0.5) is 23.8 Å². The van der Waals surface area contributed by atoms with E-state index in [0.29, 0.717) is 0 Å². The number of carbonyl (C=O) groups is 2. The minimum Gasteiger partial charge on any atom is -0.382 e. The molecule has 1 saturated heterocycles. The molecule has 3 amide bonds. The van der Waals surface area contributed by atoms with Crippen molar-refractivity contribution in [1.82, 2.24) is 20.4 Å². The van der Waals surface area contributed by atoms with Crippen molar-refractivity contribution >= 4 is 29.4 Å². The summed E-state index contributed by atoms with van der Waals surface area (Å²) in [7, 11) is 1.34. The number of urea groups is 1. The average Bonchev–Trinajstić information content (AvgIpc) is 2.95. The zero-order valence-electron chi connectivity index (χ0n) is 15.7. The maximum Gasteiger partial charge on any atom is 0.410 e. The molecule has 156 valence electrons. The quantitative estimate of drug-likeness (QED) is 0.759. The van der Waals surface area contributed by atoms with E-state index in [4.69, 9.17) is 16.3 Å². The van der Waals surface area contributed by atoms with Crippen LogP contribution in [0.25, 0.3) is 0 Å². The number of ether oxygens (including phenoxy) is 1. The predicted molar refractivity (Wildman–Crippen MR) is 94.8 cm³/mol. The summed E-state index contributed by atoms with van der Waals surface area (Å²) >= 11 is 6.08. The molecule has 1 aromatic heterocycles. The van der Waals surface area contributed by atoms with Crippen molar-refractivity contribution in [2.24, 2.45) is 5.41 Å². The number of methoxy groups -OCH3 is 1. The lowest BCUT2D eigenvalue weighted by molar-refractivity contribution is -0.150. The maximum atomic E-state index is 13.0. The molecule has 1 unspecified atom stereocenters. The van der Waals surface area contributed by atoms with Crippen LogP contribution in [-0.4, -0.2) is 59.5 Å². The van der Waals surface area contributed by atoms with Crippen LogP contribution in [0.5, 0.6) is 0 Å². The number of rotatable bonds is 5. The van der Waals surface area contributed by atoms with Crippen molar-refractivity contribution in [3.8, 4) is 0 Å². The topological polar surface area (TPSA) is 96.4 Å². The molecular weight excluding hydrogens is 403 g/mol. The second-order valence-corrected chi connectivity index (χ2v) is 7.71. The van der Waals surface area contributed by atoms with Gasteiger partial charge in [-0.2, -0.15) is 13.2 Å². The van der Waals surface area contributed by atoms with Crippen LogP contribution in [-0.2, 0) is 9.53 Å². The van der Waals surface area contributed by atoms with Crippen molar-refractivity contribution in [3.05, 3.63) is 16.8 Å². The third-order valence-corrected chi connectivity index (χ3v) is 4.39. The molecule has 0 spiro atoms. The number of nitrogens with one attached hydrogen (secondary N) is 2. The van der Waals surface area contributed by atoms with Gasteiger partial charge in [-0.05, 0) is 6.07 Å². The highest BCUT2D eigenvalue weighted by atomic mass is 35.5. The molecular formula is C16H21ClF3N5O3. The molecule has 0 radical (unpaired) electrons. The lowest BCUT2D eigenvalue weighted by Gasteiger charge is -2.27. The molecule has 0 saturated carbocycles. The summed E-state index contributed by atoms with van der Waals surface area (Å²) in [5, 5.41) is 11.9. The summed E-state index contributed by atoms with van der Waals surface area (Å²) in [4.78, 5) is 25.3. The van der Waals surface area contributed by atoms with Crippen molar-refractivity contribution in [2.75, 3.05) is 25.6 Å². The Balaban J connectivity index is 2.34. The molecule has 1 aliphatic heterocycles. The van der Waals surface area contributed by atoms with Gasteiger partial charge in [-0.3, -0.25) is 4.79 Å². The number of anilines is 1. The summed E-state index contributed by atoms with van der Waals surface area (Å²) in [6, 6.07) is -2.49. The van der Waals surface area contributed by atoms with Crippen LogP contribution in [0.1, 0.15) is 32.4 Å². The number of alkyl halides is 3. The fraction of sp³-hybridized carbons (Fsp3) is 0.625. The van der Waals surface area contributed by atoms with E-state index in [9.17, 15) is 22.8 Å². The number of hydrogen-bond acceptors (Lipinski definition) is 5. The van der Waals surface area contributed by atoms with Gasteiger partial charge in [0.2, 0.25) is 5.91 Å². The first-order valence-corrected chi connectivity index (χ1v) is 8.69. The molecule has 1 fully saturated rings. The number of carbonyl (C=O) groups excluding carboxylic acids is 2. The summed E-state index contributed by atoms with van der Waals surface area (Å²) in [5.74, 6) is -0.276. The van der Waals surface area contributed by atoms with Crippen LogP contribution < -0.4 is 10.6 Å². The summed E-state index contributed by atoms with van der Waals surface area (Å²) in [5.41, 5.74) is -0.497. The van der Waals surface area contributed by atoms with E-state index in [1.54, 1.807) is 20.8 Å². The molecule has 2 heterocycles. The smallest absolute Gasteiger partial charge is 0.382 e. The van der Waals surface area contributed by atoms with E-state index >= 15 is 0 Å². The van der Waals surface area contributed by atoms with E-state index in [0.717, 1.165) is 4.90 Å².